The summed E-state index contributed by atoms with van der Waals surface area (Å²) in [6.45, 7) is 9.60. The Labute approximate surface area is 132 Å². The third kappa shape index (κ3) is 6.89. The average Bonchev–Trinajstić information content (AvgIpc) is 2.47. The van der Waals surface area contributed by atoms with Crippen LogP contribution in [0.1, 0.15) is 37.8 Å². The highest BCUT2D eigenvalue weighted by Gasteiger charge is 2.11. The predicted octanol–water partition coefficient (Wildman–Crippen LogP) is 3.72. The Morgan fingerprint density at radius 3 is 2.86 bits per heavy atom. The second kappa shape index (κ2) is 9.72. The zero-order chi connectivity index (χ0) is 15.7. The molecule has 1 rings (SSSR count). The van der Waals surface area contributed by atoms with Gasteiger partial charge >= 0.3 is 0 Å². The molecular weight excluding hydrogens is 282 g/mol. The molecule has 21 heavy (non-hydrogen) atoms. The van der Waals surface area contributed by atoms with Crippen LogP contribution in [0.2, 0.25) is 0 Å². The van der Waals surface area contributed by atoms with Gasteiger partial charge < -0.3 is 10.1 Å². The van der Waals surface area contributed by atoms with Crippen LogP contribution in [0.25, 0.3) is 0 Å². The molecule has 1 amide bonds. The molecule has 1 aromatic rings. The molecule has 0 heterocycles. The van der Waals surface area contributed by atoms with Crippen LogP contribution in [-0.4, -0.2) is 30.1 Å². The maximum atomic E-state index is 11.7. The fraction of sp³-hybridized carbons (Fsp3) is 0.588. The summed E-state index contributed by atoms with van der Waals surface area (Å²) in [4.78, 5) is 11.7. The second-order valence-corrected chi connectivity index (χ2v) is 6.72. The number of aryl methyl sites for hydroxylation is 2. The van der Waals surface area contributed by atoms with Gasteiger partial charge in [-0.2, -0.15) is 0 Å². The summed E-state index contributed by atoms with van der Waals surface area (Å²) >= 11 is 1.69. The highest BCUT2D eigenvalue weighted by atomic mass is 32.2. The molecule has 0 saturated heterocycles. The number of ether oxygens (including phenoxy) is 1. The molecule has 118 valence electrons. The lowest BCUT2D eigenvalue weighted by Crippen LogP contribution is -2.31. The first-order valence-electron chi connectivity index (χ1n) is 7.64. The molecule has 0 aliphatic rings. The van der Waals surface area contributed by atoms with Crippen LogP contribution < -0.4 is 10.1 Å². The zero-order valence-electron chi connectivity index (χ0n) is 13.6. The maximum absolute atomic E-state index is 11.7. The molecule has 0 radical (unpaired) electrons. The predicted molar refractivity (Wildman–Crippen MR) is 91.2 cm³/mol. The third-order valence-electron chi connectivity index (χ3n) is 3.18. The molecule has 0 bridgehead atoms. The summed E-state index contributed by atoms with van der Waals surface area (Å²) in [5.41, 5.74) is 2.38. The fourth-order valence-electron chi connectivity index (χ4n) is 1.83. The minimum absolute atomic E-state index is 0.0113. The lowest BCUT2D eigenvalue weighted by molar-refractivity contribution is -0.120. The lowest BCUT2D eigenvalue weighted by Gasteiger charge is -2.12. The molecule has 1 aromatic carbocycles. The molecule has 0 aliphatic heterocycles. The Balaban J connectivity index is 2.19. The van der Waals surface area contributed by atoms with Crippen molar-refractivity contribution >= 4 is 17.7 Å². The molecule has 1 N–H and O–H groups in total. The van der Waals surface area contributed by atoms with Crippen LogP contribution in [0.15, 0.2) is 18.2 Å². The van der Waals surface area contributed by atoms with E-state index in [9.17, 15) is 4.79 Å². The summed E-state index contributed by atoms with van der Waals surface area (Å²) in [6.07, 6.45) is 1.93. The Hall–Kier alpha value is -1.16. The van der Waals surface area contributed by atoms with Gasteiger partial charge in [0.1, 0.15) is 5.75 Å². The number of nitrogens with one attached hydrogen (secondary N) is 1. The molecule has 3 nitrogen and oxygen atoms in total. The molecular formula is C17H27NO2S. The van der Waals surface area contributed by atoms with Gasteiger partial charge in [-0.25, -0.2) is 0 Å². The number of hydrogen-bond donors (Lipinski definition) is 1. The van der Waals surface area contributed by atoms with Crippen molar-refractivity contribution in [3.05, 3.63) is 29.3 Å². The SMILES string of the molecule is CCCNC(=O)C(C)SCCCOc1cc(C)ccc1C. The summed E-state index contributed by atoms with van der Waals surface area (Å²) in [7, 11) is 0. The minimum atomic E-state index is 0.0113. The van der Waals surface area contributed by atoms with Gasteiger partial charge in [-0.15, -0.1) is 11.8 Å². The number of rotatable bonds is 9. The largest absolute Gasteiger partial charge is 0.493 e. The first-order chi connectivity index (χ1) is 10.0. The van der Waals surface area contributed by atoms with Gasteiger partial charge in [0.05, 0.1) is 11.9 Å². The fourth-order valence-corrected chi connectivity index (χ4v) is 2.70. The molecule has 0 saturated carbocycles. The van der Waals surface area contributed by atoms with Crippen LogP contribution in [0.3, 0.4) is 0 Å². The van der Waals surface area contributed by atoms with Crippen molar-refractivity contribution in [2.45, 2.75) is 45.8 Å². The number of amides is 1. The Kier molecular flexibility index (Phi) is 8.28. The maximum Gasteiger partial charge on any atom is 0.232 e. The smallest absolute Gasteiger partial charge is 0.232 e. The molecule has 0 spiro atoms. The average molecular weight is 309 g/mol. The number of hydrogen-bond acceptors (Lipinski definition) is 3. The van der Waals surface area contributed by atoms with Crippen molar-refractivity contribution in [1.82, 2.24) is 5.32 Å². The highest BCUT2D eigenvalue weighted by molar-refractivity contribution is 8.00. The van der Waals surface area contributed by atoms with Crippen molar-refractivity contribution in [1.29, 1.82) is 0 Å². The third-order valence-corrected chi connectivity index (χ3v) is 4.41. The van der Waals surface area contributed by atoms with Crippen molar-refractivity contribution in [2.24, 2.45) is 0 Å². The van der Waals surface area contributed by atoms with E-state index in [1.54, 1.807) is 11.8 Å². The van der Waals surface area contributed by atoms with Gasteiger partial charge in [0.25, 0.3) is 0 Å². The van der Waals surface area contributed by atoms with Gasteiger partial charge in [0.2, 0.25) is 5.91 Å². The van der Waals surface area contributed by atoms with Crippen LogP contribution in [0.4, 0.5) is 0 Å². The number of benzene rings is 1. The van der Waals surface area contributed by atoms with Crippen molar-refractivity contribution in [3.63, 3.8) is 0 Å². The standard InChI is InChI=1S/C17H27NO2S/c1-5-9-18-17(19)15(4)21-11-6-10-20-16-12-13(2)7-8-14(16)3/h7-8,12,15H,5-6,9-11H2,1-4H3,(H,18,19). The Morgan fingerprint density at radius 2 is 2.14 bits per heavy atom. The van der Waals surface area contributed by atoms with Crippen LogP contribution >= 0.6 is 11.8 Å². The van der Waals surface area contributed by atoms with E-state index in [2.05, 4.69) is 44.3 Å². The first-order valence-corrected chi connectivity index (χ1v) is 8.68. The van der Waals surface area contributed by atoms with Gasteiger partial charge in [-0.1, -0.05) is 19.1 Å². The number of thioether (sulfide) groups is 1. The lowest BCUT2D eigenvalue weighted by atomic mass is 10.1. The van der Waals surface area contributed by atoms with Crippen LogP contribution in [0.5, 0.6) is 5.75 Å². The molecule has 1 unspecified atom stereocenters. The quantitative estimate of drug-likeness (QED) is 0.707. The van der Waals surface area contributed by atoms with Gasteiger partial charge in [-0.3, -0.25) is 4.79 Å². The van der Waals surface area contributed by atoms with E-state index in [1.165, 1.54) is 11.1 Å². The van der Waals surface area contributed by atoms with Crippen LogP contribution in [-0.2, 0) is 4.79 Å². The summed E-state index contributed by atoms with van der Waals surface area (Å²) in [6, 6.07) is 6.25. The van der Waals surface area contributed by atoms with E-state index in [-0.39, 0.29) is 11.2 Å². The topological polar surface area (TPSA) is 38.3 Å². The van der Waals surface area contributed by atoms with Crippen molar-refractivity contribution in [3.8, 4) is 5.75 Å². The van der Waals surface area contributed by atoms with E-state index >= 15 is 0 Å². The van der Waals surface area contributed by atoms with E-state index in [0.29, 0.717) is 6.61 Å². The van der Waals surface area contributed by atoms with Gasteiger partial charge in [0.15, 0.2) is 0 Å². The van der Waals surface area contributed by atoms with E-state index in [4.69, 9.17) is 4.74 Å². The number of carbonyl (C=O) groups excluding carboxylic acids is 1. The monoisotopic (exact) mass is 309 g/mol. The molecule has 0 aromatic heterocycles. The van der Waals surface area contributed by atoms with Crippen molar-refractivity contribution < 1.29 is 9.53 Å². The summed E-state index contributed by atoms with van der Waals surface area (Å²) in [5.74, 6) is 2.04. The van der Waals surface area contributed by atoms with Gasteiger partial charge in [0, 0.05) is 6.54 Å². The zero-order valence-corrected chi connectivity index (χ0v) is 14.4. The molecule has 0 fully saturated rings. The summed E-state index contributed by atoms with van der Waals surface area (Å²) in [5, 5.41) is 2.93. The number of carbonyl (C=O) groups is 1. The van der Waals surface area contributed by atoms with E-state index in [1.807, 2.05) is 6.92 Å². The minimum Gasteiger partial charge on any atom is -0.493 e. The van der Waals surface area contributed by atoms with Crippen molar-refractivity contribution in [2.75, 3.05) is 18.9 Å². The summed E-state index contributed by atoms with van der Waals surface area (Å²) < 4.78 is 5.81. The normalized spacial score (nSPS) is 12.0. The van der Waals surface area contributed by atoms with Gasteiger partial charge in [-0.05, 0) is 56.6 Å². The van der Waals surface area contributed by atoms with Crippen LogP contribution in [0, 0.1) is 13.8 Å². The first kappa shape index (κ1) is 17.9. The highest BCUT2D eigenvalue weighted by Crippen LogP contribution is 2.19. The Morgan fingerprint density at radius 1 is 1.38 bits per heavy atom. The molecule has 4 heteroatoms. The Bertz CT molecular complexity index is 448. The molecule has 1 atom stereocenters. The van der Waals surface area contributed by atoms with E-state index in [0.717, 1.165) is 30.9 Å². The molecule has 0 aliphatic carbocycles. The van der Waals surface area contributed by atoms with E-state index < -0.39 is 0 Å². The second-order valence-electron chi connectivity index (χ2n) is 5.28.